The van der Waals surface area contributed by atoms with Crippen LogP contribution in [0.1, 0.15) is 34.5 Å². The number of ether oxygens (including phenoxy) is 3. The summed E-state index contributed by atoms with van der Waals surface area (Å²) in [7, 11) is 0. The van der Waals surface area contributed by atoms with Gasteiger partial charge in [-0.25, -0.2) is 4.79 Å². The maximum absolute atomic E-state index is 13.3. The summed E-state index contributed by atoms with van der Waals surface area (Å²) in [4.78, 5) is 39.9. The molecule has 0 spiro atoms. The third-order valence-electron chi connectivity index (χ3n) is 6.10. The molecule has 3 aromatic carbocycles. The van der Waals surface area contributed by atoms with E-state index in [0.717, 1.165) is 0 Å². The van der Waals surface area contributed by atoms with Gasteiger partial charge in [0.2, 0.25) is 0 Å². The highest BCUT2D eigenvalue weighted by atomic mass is 16.6. The van der Waals surface area contributed by atoms with Gasteiger partial charge in [0.1, 0.15) is 24.7 Å². The quantitative estimate of drug-likeness (QED) is 0.233. The monoisotopic (exact) mass is 501 g/mol. The van der Waals surface area contributed by atoms with Gasteiger partial charge >= 0.3 is 5.97 Å². The van der Waals surface area contributed by atoms with Gasteiger partial charge in [0, 0.05) is 11.3 Å². The van der Waals surface area contributed by atoms with Gasteiger partial charge in [-0.05, 0) is 67.1 Å². The average molecular weight is 501 g/mol. The molecule has 1 unspecified atom stereocenters. The minimum atomic E-state index is -1.05. The van der Waals surface area contributed by atoms with Gasteiger partial charge in [-0.3, -0.25) is 14.5 Å². The van der Waals surface area contributed by atoms with Gasteiger partial charge in [0.15, 0.2) is 11.5 Å². The zero-order valence-electron chi connectivity index (χ0n) is 19.8. The predicted octanol–water partition coefficient (Wildman–Crippen LogP) is 3.97. The van der Waals surface area contributed by atoms with Crippen LogP contribution in [0.25, 0.3) is 5.76 Å². The summed E-state index contributed by atoms with van der Waals surface area (Å²) in [5.74, 6) is -1.82. The minimum absolute atomic E-state index is 0.0694. The number of rotatable bonds is 5. The Bertz CT molecular complexity index is 1430. The molecule has 1 atom stereocenters. The number of hydrogen-bond donors (Lipinski definition) is 2. The van der Waals surface area contributed by atoms with Crippen LogP contribution < -0.4 is 14.4 Å². The molecule has 2 aliphatic heterocycles. The van der Waals surface area contributed by atoms with E-state index in [1.807, 2.05) is 0 Å². The number of nitrogens with zero attached hydrogens (tertiary/aromatic N) is 1. The smallest absolute Gasteiger partial charge is 0.338 e. The molecule has 0 bridgehead atoms. The van der Waals surface area contributed by atoms with E-state index in [4.69, 9.17) is 14.2 Å². The van der Waals surface area contributed by atoms with Gasteiger partial charge in [0.25, 0.3) is 11.7 Å². The third kappa shape index (κ3) is 4.35. The lowest BCUT2D eigenvalue weighted by Crippen LogP contribution is -2.29. The molecule has 37 heavy (non-hydrogen) atoms. The molecule has 1 saturated heterocycles. The van der Waals surface area contributed by atoms with Crippen LogP contribution in [0.4, 0.5) is 5.69 Å². The first-order valence-electron chi connectivity index (χ1n) is 11.7. The van der Waals surface area contributed by atoms with E-state index in [1.54, 1.807) is 37.3 Å². The number of benzene rings is 3. The number of amides is 1. The Morgan fingerprint density at radius 3 is 2.38 bits per heavy atom. The SMILES string of the molecule is CCOC(=O)c1ccc(N2C(=O)C(=O)/C(=C(\O)c3ccc4c(c3)OCCO4)C2c2cccc(O)c2)cc1. The topological polar surface area (TPSA) is 123 Å². The highest BCUT2D eigenvalue weighted by Crippen LogP contribution is 2.43. The summed E-state index contributed by atoms with van der Waals surface area (Å²) in [5.41, 5.74) is 1.14. The number of phenols is 1. The summed E-state index contributed by atoms with van der Waals surface area (Å²) in [6, 6.07) is 15.8. The molecule has 9 nitrogen and oxygen atoms in total. The van der Waals surface area contributed by atoms with E-state index in [-0.39, 0.29) is 29.1 Å². The van der Waals surface area contributed by atoms with E-state index in [9.17, 15) is 24.6 Å². The zero-order chi connectivity index (χ0) is 26.1. The lowest BCUT2D eigenvalue weighted by atomic mass is 9.94. The van der Waals surface area contributed by atoms with Gasteiger partial charge in [-0.15, -0.1) is 0 Å². The second kappa shape index (κ2) is 9.69. The van der Waals surface area contributed by atoms with Crippen molar-refractivity contribution >= 4 is 29.1 Å². The van der Waals surface area contributed by atoms with Crippen molar-refractivity contribution < 1.29 is 38.8 Å². The highest BCUT2D eigenvalue weighted by Gasteiger charge is 2.47. The molecule has 5 rings (SSSR count). The van der Waals surface area contributed by atoms with E-state index in [2.05, 4.69) is 0 Å². The van der Waals surface area contributed by atoms with Crippen LogP contribution in [0.3, 0.4) is 0 Å². The van der Waals surface area contributed by atoms with Crippen molar-refractivity contribution in [1.82, 2.24) is 0 Å². The number of phenolic OH excluding ortho intramolecular Hbond substituents is 1. The van der Waals surface area contributed by atoms with Crippen LogP contribution in [0.15, 0.2) is 72.3 Å². The van der Waals surface area contributed by atoms with Crippen molar-refractivity contribution in [3.63, 3.8) is 0 Å². The number of carbonyl (C=O) groups excluding carboxylic acids is 3. The zero-order valence-corrected chi connectivity index (χ0v) is 19.8. The Morgan fingerprint density at radius 2 is 1.68 bits per heavy atom. The fraction of sp³-hybridized carbons (Fsp3) is 0.179. The van der Waals surface area contributed by atoms with Gasteiger partial charge in [-0.1, -0.05) is 12.1 Å². The number of Topliss-reactive ketones (excluding diaryl/α,β-unsaturated/α-hetero) is 1. The molecule has 3 aromatic rings. The number of anilines is 1. The lowest BCUT2D eigenvalue weighted by Gasteiger charge is -2.26. The van der Waals surface area contributed by atoms with Crippen molar-refractivity contribution in [2.75, 3.05) is 24.7 Å². The van der Waals surface area contributed by atoms with Crippen molar-refractivity contribution in [1.29, 1.82) is 0 Å². The molecule has 0 aromatic heterocycles. The third-order valence-corrected chi connectivity index (χ3v) is 6.10. The molecule has 0 aliphatic carbocycles. The number of aliphatic hydroxyl groups excluding tert-OH is 1. The number of hydrogen-bond acceptors (Lipinski definition) is 8. The molecule has 0 radical (unpaired) electrons. The predicted molar refractivity (Wildman–Crippen MR) is 133 cm³/mol. The summed E-state index contributed by atoms with van der Waals surface area (Å²) in [6.07, 6.45) is 0. The Labute approximate surface area is 212 Å². The van der Waals surface area contributed by atoms with Gasteiger partial charge < -0.3 is 24.4 Å². The van der Waals surface area contributed by atoms with Crippen LogP contribution in [0.2, 0.25) is 0 Å². The van der Waals surface area contributed by atoms with Crippen LogP contribution in [-0.4, -0.2) is 47.7 Å². The first-order chi connectivity index (χ1) is 17.9. The largest absolute Gasteiger partial charge is 0.508 e. The Hall–Kier alpha value is -4.79. The van der Waals surface area contributed by atoms with Crippen molar-refractivity contribution in [2.24, 2.45) is 0 Å². The molecular weight excluding hydrogens is 478 g/mol. The number of carbonyl (C=O) groups is 3. The molecule has 188 valence electrons. The Kier molecular flexibility index (Phi) is 6.27. The second-order valence-electron chi connectivity index (χ2n) is 8.39. The fourth-order valence-corrected chi connectivity index (χ4v) is 4.43. The first-order valence-corrected chi connectivity index (χ1v) is 11.7. The highest BCUT2D eigenvalue weighted by molar-refractivity contribution is 6.51. The maximum atomic E-state index is 13.3. The number of aliphatic hydroxyl groups is 1. The van der Waals surface area contributed by atoms with Gasteiger partial charge in [-0.2, -0.15) is 0 Å². The molecular formula is C28H23NO8. The summed E-state index contributed by atoms with van der Waals surface area (Å²) >= 11 is 0. The standard InChI is InChI=1S/C28H23NO8/c1-2-35-28(34)16-6-9-19(10-7-16)29-24(17-4-3-5-20(30)14-17)23(26(32)27(29)33)25(31)18-8-11-21-22(15-18)37-13-12-36-21/h3-11,14-15,24,30-31H,2,12-13H2,1H3/b25-23-. The number of fused-ring (bicyclic) bond motifs is 1. The first kappa shape index (κ1) is 23.9. The second-order valence-corrected chi connectivity index (χ2v) is 8.39. The maximum Gasteiger partial charge on any atom is 0.338 e. The Morgan fingerprint density at radius 1 is 0.973 bits per heavy atom. The normalized spacial score (nSPS) is 18.1. The van der Waals surface area contributed by atoms with Crippen molar-refractivity contribution in [2.45, 2.75) is 13.0 Å². The average Bonchev–Trinajstić information content (AvgIpc) is 3.18. The van der Waals surface area contributed by atoms with E-state index < -0.39 is 29.5 Å². The molecule has 1 amide bonds. The van der Waals surface area contributed by atoms with E-state index >= 15 is 0 Å². The minimum Gasteiger partial charge on any atom is -0.508 e. The number of aromatic hydroxyl groups is 1. The van der Waals surface area contributed by atoms with E-state index in [0.29, 0.717) is 36.0 Å². The van der Waals surface area contributed by atoms with Crippen LogP contribution in [0, 0.1) is 0 Å². The molecule has 0 saturated carbocycles. The summed E-state index contributed by atoms with van der Waals surface area (Å²) in [5, 5.41) is 21.4. The number of ketones is 1. The Balaban J connectivity index is 1.63. The number of esters is 1. The van der Waals surface area contributed by atoms with E-state index in [1.165, 1.54) is 41.3 Å². The van der Waals surface area contributed by atoms with Crippen molar-refractivity contribution in [3.05, 3.63) is 89.0 Å². The summed E-state index contributed by atoms with van der Waals surface area (Å²) in [6.45, 7) is 2.65. The van der Waals surface area contributed by atoms with Crippen LogP contribution in [-0.2, 0) is 14.3 Å². The van der Waals surface area contributed by atoms with Crippen molar-refractivity contribution in [3.8, 4) is 17.2 Å². The summed E-state index contributed by atoms with van der Waals surface area (Å²) < 4.78 is 16.1. The van der Waals surface area contributed by atoms with Crippen LogP contribution in [0.5, 0.6) is 17.2 Å². The lowest BCUT2D eigenvalue weighted by molar-refractivity contribution is -0.132. The molecule has 2 aliphatic rings. The van der Waals surface area contributed by atoms with Gasteiger partial charge in [0.05, 0.1) is 23.8 Å². The molecule has 2 N–H and O–H groups in total. The van der Waals surface area contributed by atoms with Crippen LogP contribution >= 0.6 is 0 Å². The molecule has 2 heterocycles. The molecule has 9 heteroatoms. The fourth-order valence-electron chi connectivity index (χ4n) is 4.43. The molecule has 1 fully saturated rings.